The summed E-state index contributed by atoms with van der Waals surface area (Å²) in [6.45, 7) is 1.58. The second-order valence-corrected chi connectivity index (χ2v) is 5.87. The van der Waals surface area contributed by atoms with Gasteiger partial charge in [-0.3, -0.25) is 4.79 Å². The zero-order valence-corrected chi connectivity index (χ0v) is 13.0. The van der Waals surface area contributed by atoms with Gasteiger partial charge in [0, 0.05) is 24.2 Å². The number of benzene rings is 1. The van der Waals surface area contributed by atoms with E-state index in [1.807, 2.05) is 24.3 Å². The molecule has 0 N–H and O–H groups in total. The number of halogens is 1. The van der Waals surface area contributed by atoms with Crippen LogP contribution in [0.3, 0.4) is 0 Å². The summed E-state index contributed by atoms with van der Waals surface area (Å²) in [6.07, 6.45) is 2.65. The smallest absolute Gasteiger partial charge is 0.274 e. The fourth-order valence-corrected chi connectivity index (χ4v) is 2.76. The molecular formula is C17H14ClN3O2. The number of hydrogen-bond acceptors (Lipinski definition) is 3. The molecule has 0 radical (unpaired) electrons. The molecule has 0 unspecified atom stereocenters. The number of amides is 1. The molecule has 0 bridgehead atoms. The van der Waals surface area contributed by atoms with Gasteiger partial charge < -0.3 is 9.32 Å². The minimum absolute atomic E-state index is 0.0511. The van der Waals surface area contributed by atoms with Crippen molar-refractivity contribution in [2.75, 3.05) is 13.1 Å². The summed E-state index contributed by atoms with van der Waals surface area (Å²) in [4.78, 5) is 14.2. The molecule has 23 heavy (non-hydrogen) atoms. The number of furan rings is 1. The first-order valence-electron chi connectivity index (χ1n) is 7.41. The highest BCUT2D eigenvalue weighted by Gasteiger charge is 2.26. The number of carbonyl (C=O) groups is 1. The van der Waals surface area contributed by atoms with Crippen LogP contribution in [0.5, 0.6) is 0 Å². The highest BCUT2D eigenvalue weighted by molar-refractivity contribution is 6.30. The van der Waals surface area contributed by atoms with Crippen molar-refractivity contribution in [3.63, 3.8) is 0 Å². The van der Waals surface area contributed by atoms with E-state index in [1.54, 1.807) is 34.0 Å². The molecule has 2 aromatic heterocycles. The maximum atomic E-state index is 12.5. The van der Waals surface area contributed by atoms with Crippen LogP contribution in [0.2, 0.25) is 5.02 Å². The van der Waals surface area contributed by atoms with Crippen molar-refractivity contribution >= 4 is 17.5 Å². The predicted molar refractivity (Wildman–Crippen MR) is 86.8 cm³/mol. The van der Waals surface area contributed by atoms with Gasteiger partial charge in [0.05, 0.1) is 12.0 Å². The summed E-state index contributed by atoms with van der Waals surface area (Å²) in [5.74, 6) is 0.602. The van der Waals surface area contributed by atoms with Crippen LogP contribution < -0.4 is 0 Å². The van der Waals surface area contributed by atoms with Crippen LogP contribution in [0.4, 0.5) is 0 Å². The van der Waals surface area contributed by atoms with Gasteiger partial charge in [0.25, 0.3) is 5.91 Å². The van der Waals surface area contributed by atoms with Crippen molar-refractivity contribution in [2.24, 2.45) is 0 Å². The molecule has 1 amide bonds. The maximum Gasteiger partial charge on any atom is 0.274 e. The molecule has 3 aromatic rings. The molecule has 1 aromatic carbocycles. The van der Waals surface area contributed by atoms with Gasteiger partial charge in [-0.15, -0.1) is 0 Å². The Balaban J connectivity index is 1.82. The summed E-state index contributed by atoms with van der Waals surface area (Å²) >= 11 is 6.08. The first kappa shape index (κ1) is 14.1. The summed E-state index contributed by atoms with van der Waals surface area (Å²) in [6, 6.07) is 12.8. The number of hydrogen-bond donors (Lipinski definition) is 0. The number of carbonyl (C=O) groups excluding carboxylic acids is 1. The van der Waals surface area contributed by atoms with Crippen molar-refractivity contribution in [3.8, 4) is 17.1 Å². The van der Waals surface area contributed by atoms with Crippen LogP contribution in [-0.2, 0) is 0 Å². The van der Waals surface area contributed by atoms with Crippen molar-refractivity contribution in [1.29, 1.82) is 0 Å². The van der Waals surface area contributed by atoms with Gasteiger partial charge in [0.1, 0.15) is 5.69 Å². The van der Waals surface area contributed by atoms with Crippen molar-refractivity contribution in [3.05, 3.63) is 59.4 Å². The predicted octanol–water partition coefficient (Wildman–Crippen LogP) is 3.63. The minimum Gasteiger partial charge on any atom is -0.463 e. The third-order valence-electron chi connectivity index (χ3n) is 3.90. The Morgan fingerprint density at radius 2 is 2.04 bits per heavy atom. The summed E-state index contributed by atoms with van der Waals surface area (Å²) < 4.78 is 7.18. The molecule has 116 valence electrons. The summed E-state index contributed by atoms with van der Waals surface area (Å²) in [7, 11) is 0. The van der Waals surface area contributed by atoms with E-state index in [-0.39, 0.29) is 5.91 Å². The van der Waals surface area contributed by atoms with Crippen LogP contribution in [0.15, 0.2) is 53.1 Å². The van der Waals surface area contributed by atoms with Gasteiger partial charge in [0.15, 0.2) is 11.5 Å². The molecule has 0 aliphatic carbocycles. The Morgan fingerprint density at radius 1 is 1.17 bits per heavy atom. The van der Waals surface area contributed by atoms with Gasteiger partial charge in [-0.05, 0) is 36.8 Å². The average Bonchev–Trinajstić information content (AvgIpc) is 3.14. The van der Waals surface area contributed by atoms with Crippen molar-refractivity contribution < 1.29 is 9.21 Å². The lowest BCUT2D eigenvalue weighted by Gasteiger charge is -2.29. The van der Waals surface area contributed by atoms with Crippen LogP contribution >= 0.6 is 11.6 Å². The van der Waals surface area contributed by atoms with E-state index < -0.39 is 0 Å². The molecular weight excluding hydrogens is 314 g/mol. The first-order chi connectivity index (χ1) is 11.2. The molecule has 4 rings (SSSR count). The SMILES string of the molecule is O=C(c1cc(-c2ccco2)n(-c2cccc(Cl)c2)n1)N1CCC1. The molecule has 6 heteroatoms. The summed E-state index contributed by atoms with van der Waals surface area (Å²) in [5, 5.41) is 5.10. The van der Waals surface area contributed by atoms with E-state index in [4.69, 9.17) is 16.0 Å². The normalized spacial score (nSPS) is 13.9. The third-order valence-corrected chi connectivity index (χ3v) is 4.13. The minimum atomic E-state index is -0.0511. The number of nitrogens with zero attached hydrogens (tertiary/aromatic N) is 3. The van der Waals surface area contributed by atoms with Crippen LogP contribution in [-0.4, -0.2) is 33.7 Å². The zero-order valence-electron chi connectivity index (χ0n) is 12.3. The molecule has 1 fully saturated rings. The van der Waals surface area contributed by atoms with Gasteiger partial charge in [0.2, 0.25) is 0 Å². The van der Waals surface area contributed by atoms with Crippen molar-refractivity contribution in [2.45, 2.75) is 6.42 Å². The van der Waals surface area contributed by atoms with Gasteiger partial charge >= 0.3 is 0 Å². The highest BCUT2D eigenvalue weighted by atomic mass is 35.5. The lowest BCUT2D eigenvalue weighted by atomic mass is 10.2. The van der Waals surface area contributed by atoms with E-state index in [0.29, 0.717) is 16.5 Å². The molecule has 1 aliphatic rings. The maximum absolute atomic E-state index is 12.5. The van der Waals surface area contributed by atoms with E-state index in [9.17, 15) is 4.79 Å². The lowest BCUT2D eigenvalue weighted by molar-refractivity contribution is 0.0645. The van der Waals surface area contributed by atoms with Gasteiger partial charge in [-0.2, -0.15) is 5.10 Å². The number of rotatable bonds is 3. The molecule has 0 atom stereocenters. The topological polar surface area (TPSA) is 51.3 Å². The Labute approximate surface area is 138 Å². The fourth-order valence-electron chi connectivity index (χ4n) is 2.57. The quantitative estimate of drug-likeness (QED) is 0.738. The van der Waals surface area contributed by atoms with E-state index in [1.165, 1.54) is 0 Å². The van der Waals surface area contributed by atoms with Crippen LogP contribution in [0.25, 0.3) is 17.1 Å². The Morgan fingerprint density at radius 3 is 2.70 bits per heavy atom. The van der Waals surface area contributed by atoms with Gasteiger partial charge in [-0.25, -0.2) is 4.68 Å². The highest BCUT2D eigenvalue weighted by Crippen LogP contribution is 2.26. The fraction of sp³-hybridized carbons (Fsp3) is 0.176. The van der Waals surface area contributed by atoms with Crippen LogP contribution in [0.1, 0.15) is 16.9 Å². The second kappa shape index (κ2) is 5.59. The van der Waals surface area contributed by atoms with Crippen LogP contribution in [0, 0.1) is 0 Å². The molecule has 3 heterocycles. The molecule has 1 aliphatic heterocycles. The third kappa shape index (κ3) is 2.53. The molecule has 0 saturated carbocycles. The van der Waals surface area contributed by atoms with E-state index in [0.717, 1.165) is 30.9 Å². The Hall–Kier alpha value is -2.53. The number of likely N-dealkylation sites (tertiary alicyclic amines) is 1. The largest absolute Gasteiger partial charge is 0.463 e. The summed E-state index contributed by atoms with van der Waals surface area (Å²) in [5.41, 5.74) is 1.92. The molecule has 5 nitrogen and oxygen atoms in total. The zero-order chi connectivity index (χ0) is 15.8. The number of aromatic nitrogens is 2. The average molecular weight is 328 g/mol. The second-order valence-electron chi connectivity index (χ2n) is 5.43. The van der Waals surface area contributed by atoms with E-state index in [2.05, 4.69) is 5.10 Å². The van der Waals surface area contributed by atoms with Gasteiger partial charge in [-0.1, -0.05) is 17.7 Å². The first-order valence-corrected chi connectivity index (χ1v) is 7.79. The molecule has 1 saturated heterocycles. The Bertz CT molecular complexity index is 851. The Kier molecular flexibility index (Phi) is 3.42. The monoisotopic (exact) mass is 327 g/mol. The van der Waals surface area contributed by atoms with E-state index >= 15 is 0 Å². The molecule has 0 spiro atoms. The lowest BCUT2D eigenvalue weighted by Crippen LogP contribution is -2.42. The van der Waals surface area contributed by atoms with Crippen molar-refractivity contribution in [1.82, 2.24) is 14.7 Å². The standard InChI is InChI=1S/C17H14ClN3O2/c18-12-4-1-5-13(10-12)21-15(16-6-2-9-23-16)11-14(19-21)17(22)20-7-3-8-20/h1-2,4-6,9-11H,3,7-8H2.